The van der Waals surface area contributed by atoms with Crippen LogP contribution in [0.2, 0.25) is 0 Å². The average Bonchev–Trinajstić information content (AvgIpc) is 2.42. The molecule has 0 aliphatic carbocycles. The Labute approximate surface area is 113 Å². The van der Waals surface area contributed by atoms with E-state index < -0.39 is 5.60 Å². The molecule has 0 aliphatic rings. The summed E-state index contributed by atoms with van der Waals surface area (Å²) in [7, 11) is 0. The van der Waals surface area contributed by atoms with Crippen molar-refractivity contribution < 1.29 is 9.50 Å². The number of aliphatic hydroxyl groups is 1. The van der Waals surface area contributed by atoms with Crippen LogP contribution in [0.3, 0.4) is 0 Å². The first-order valence-electron chi connectivity index (χ1n) is 6.62. The lowest BCUT2D eigenvalue weighted by Gasteiger charge is -2.27. The van der Waals surface area contributed by atoms with Crippen LogP contribution < -0.4 is 0 Å². The van der Waals surface area contributed by atoms with Crippen molar-refractivity contribution in [1.29, 1.82) is 0 Å². The first-order chi connectivity index (χ1) is 9.11. The van der Waals surface area contributed by atoms with E-state index in [-0.39, 0.29) is 5.82 Å². The van der Waals surface area contributed by atoms with E-state index in [9.17, 15) is 9.50 Å². The van der Waals surface area contributed by atoms with E-state index in [2.05, 4.69) is 0 Å². The molecule has 2 rings (SSSR count). The van der Waals surface area contributed by atoms with Gasteiger partial charge in [0.15, 0.2) is 0 Å². The SMILES string of the molecule is CCC(O)(Cc1ccccc1)Cc1ccc(F)cc1. The average molecular weight is 258 g/mol. The summed E-state index contributed by atoms with van der Waals surface area (Å²) in [6.07, 6.45) is 1.82. The number of hydrogen-bond acceptors (Lipinski definition) is 1. The van der Waals surface area contributed by atoms with E-state index in [0.29, 0.717) is 19.3 Å². The van der Waals surface area contributed by atoms with Gasteiger partial charge in [0.1, 0.15) is 5.82 Å². The lowest BCUT2D eigenvalue weighted by molar-refractivity contribution is 0.0368. The molecule has 0 radical (unpaired) electrons. The molecule has 2 aromatic carbocycles. The molecule has 0 aliphatic heterocycles. The maximum absolute atomic E-state index is 12.9. The lowest BCUT2D eigenvalue weighted by atomic mass is 9.86. The lowest BCUT2D eigenvalue weighted by Crippen LogP contribution is -2.33. The van der Waals surface area contributed by atoms with Crippen molar-refractivity contribution in [2.45, 2.75) is 31.8 Å². The summed E-state index contributed by atoms with van der Waals surface area (Å²) >= 11 is 0. The quantitative estimate of drug-likeness (QED) is 0.866. The highest BCUT2D eigenvalue weighted by Gasteiger charge is 2.25. The van der Waals surface area contributed by atoms with Crippen LogP contribution in [0, 0.1) is 5.82 Å². The van der Waals surface area contributed by atoms with Crippen LogP contribution in [-0.2, 0) is 12.8 Å². The van der Waals surface area contributed by atoms with Crippen LogP contribution in [0.15, 0.2) is 54.6 Å². The van der Waals surface area contributed by atoms with Gasteiger partial charge in [-0.2, -0.15) is 0 Å². The van der Waals surface area contributed by atoms with Gasteiger partial charge in [0.2, 0.25) is 0 Å². The Bertz CT molecular complexity index is 507. The Morgan fingerprint density at radius 3 is 1.95 bits per heavy atom. The Kier molecular flexibility index (Phi) is 4.33. The van der Waals surface area contributed by atoms with Gasteiger partial charge in [-0.1, -0.05) is 49.4 Å². The third kappa shape index (κ3) is 3.90. The third-order valence-electron chi connectivity index (χ3n) is 3.48. The molecule has 1 nitrogen and oxygen atoms in total. The summed E-state index contributed by atoms with van der Waals surface area (Å²) in [4.78, 5) is 0. The minimum absolute atomic E-state index is 0.244. The molecule has 0 fully saturated rings. The highest BCUT2D eigenvalue weighted by Crippen LogP contribution is 2.22. The fraction of sp³-hybridized carbons (Fsp3) is 0.294. The smallest absolute Gasteiger partial charge is 0.123 e. The Hall–Kier alpha value is -1.67. The summed E-state index contributed by atoms with van der Waals surface area (Å²) in [5.41, 5.74) is 1.30. The predicted octanol–water partition coefficient (Wildman–Crippen LogP) is 3.75. The van der Waals surface area contributed by atoms with Gasteiger partial charge in [-0.15, -0.1) is 0 Å². The molecule has 0 bridgehead atoms. The second-order valence-corrected chi connectivity index (χ2v) is 5.04. The standard InChI is InChI=1S/C17H19FO/c1-2-17(19,12-14-6-4-3-5-7-14)13-15-8-10-16(18)11-9-15/h3-11,19H,2,12-13H2,1H3. The maximum atomic E-state index is 12.9. The largest absolute Gasteiger partial charge is 0.389 e. The van der Waals surface area contributed by atoms with Gasteiger partial charge in [0.05, 0.1) is 5.60 Å². The second-order valence-electron chi connectivity index (χ2n) is 5.04. The molecule has 2 aromatic rings. The highest BCUT2D eigenvalue weighted by atomic mass is 19.1. The molecule has 1 atom stereocenters. The first kappa shape index (κ1) is 13.8. The molecule has 1 N–H and O–H groups in total. The van der Waals surface area contributed by atoms with Crippen LogP contribution in [0.1, 0.15) is 24.5 Å². The van der Waals surface area contributed by atoms with Gasteiger partial charge < -0.3 is 5.11 Å². The molecule has 0 amide bonds. The maximum Gasteiger partial charge on any atom is 0.123 e. The number of hydrogen-bond donors (Lipinski definition) is 1. The van der Waals surface area contributed by atoms with Crippen LogP contribution in [0.4, 0.5) is 4.39 Å². The topological polar surface area (TPSA) is 20.2 Å². The minimum atomic E-state index is -0.779. The zero-order chi connectivity index (χ0) is 13.7. The Morgan fingerprint density at radius 2 is 1.42 bits per heavy atom. The summed E-state index contributed by atoms with van der Waals surface area (Å²) in [6, 6.07) is 16.3. The minimum Gasteiger partial charge on any atom is -0.389 e. The highest BCUT2D eigenvalue weighted by molar-refractivity contribution is 5.21. The Balaban J connectivity index is 2.11. The molecule has 2 heteroatoms. The zero-order valence-corrected chi connectivity index (χ0v) is 11.1. The van der Waals surface area contributed by atoms with Crippen LogP contribution in [-0.4, -0.2) is 10.7 Å². The summed E-state index contributed by atoms with van der Waals surface area (Å²) in [5.74, 6) is -0.244. The fourth-order valence-corrected chi connectivity index (χ4v) is 2.27. The van der Waals surface area contributed by atoms with Crippen molar-refractivity contribution >= 4 is 0 Å². The van der Waals surface area contributed by atoms with Crippen molar-refractivity contribution in [3.05, 3.63) is 71.5 Å². The fourth-order valence-electron chi connectivity index (χ4n) is 2.27. The van der Waals surface area contributed by atoms with Crippen LogP contribution in [0.5, 0.6) is 0 Å². The van der Waals surface area contributed by atoms with E-state index in [1.165, 1.54) is 12.1 Å². The number of benzene rings is 2. The van der Waals surface area contributed by atoms with Gasteiger partial charge in [-0.25, -0.2) is 4.39 Å². The molecule has 100 valence electrons. The van der Waals surface area contributed by atoms with E-state index >= 15 is 0 Å². The van der Waals surface area contributed by atoms with E-state index in [1.54, 1.807) is 12.1 Å². The molecular formula is C17H19FO. The molecule has 0 saturated heterocycles. The number of halogens is 1. The second kappa shape index (κ2) is 5.98. The van der Waals surface area contributed by atoms with Gasteiger partial charge in [0.25, 0.3) is 0 Å². The first-order valence-corrected chi connectivity index (χ1v) is 6.62. The van der Waals surface area contributed by atoms with E-state index in [4.69, 9.17) is 0 Å². The van der Waals surface area contributed by atoms with Crippen molar-refractivity contribution in [2.24, 2.45) is 0 Å². The monoisotopic (exact) mass is 258 g/mol. The molecule has 0 aromatic heterocycles. The van der Waals surface area contributed by atoms with E-state index in [0.717, 1.165) is 11.1 Å². The van der Waals surface area contributed by atoms with E-state index in [1.807, 2.05) is 37.3 Å². The summed E-state index contributed by atoms with van der Waals surface area (Å²) in [6.45, 7) is 1.98. The Morgan fingerprint density at radius 1 is 0.895 bits per heavy atom. The van der Waals surface area contributed by atoms with Crippen molar-refractivity contribution in [3.8, 4) is 0 Å². The molecule has 0 spiro atoms. The van der Waals surface area contributed by atoms with Gasteiger partial charge in [-0.05, 0) is 29.7 Å². The van der Waals surface area contributed by atoms with Crippen molar-refractivity contribution in [3.63, 3.8) is 0 Å². The molecule has 19 heavy (non-hydrogen) atoms. The zero-order valence-electron chi connectivity index (χ0n) is 11.1. The third-order valence-corrected chi connectivity index (χ3v) is 3.48. The summed E-state index contributed by atoms with van der Waals surface area (Å²) in [5, 5.41) is 10.7. The molecular weight excluding hydrogens is 239 g/mol. The normalized spacial score (nSPS) is 14.1. The van der Waals surface area contributed by atoms with Crippen molar-refractivity contribution in [1.82, 2.24) is 0 Å². The summed E-state index contributed by atoms with van der Waals surface area (Å²) < 4.78 is 12.9. The van der Waals surface area contributed by atoms with Crippen LogP contribution >= 0.6 is 0 Å². The van der Waals surface area contributed by atoms with Crippen molar-refractivity contribution in [2.75, 3.05) is 0 Å². The molecule has 1 unspecified atom stereocenters. The van der Waals surface area contributed by atoms with Gasteiger partial charge in [0, 0.05) is 12.8 Å². The number of rotatable bonds is 5. The molecule has 0 saturated carbocycles. The van der Waals surface area contributed by atoms with Crippen LogP contribution in [0.25, 0.3) is 0 Å². The van der Waals surface area contributed by atoms with Gasteiger partial charge >= 0.3 is 0 Å². The predicted molar refractivity (Wildman–Crippen MR) is 75.5 cm³/mol. The molecule has 0 heterocycles. The van der Waals surface area contributed by atoms with Gasteiger partial charge in [-0.3, -0.25) is 0 Å².